The summed E-state index contributed by atoms with van der Waals surface area (Å²) in [5.41, 5.74) is -0.784. The Morgan fingerprint density at radius 1 is 1.23 bits per heavy atom. The van der Waals surface area contributed by atoms with Crippen LogP contribution < -0.4 is 0 Å². The summed E-state index contributed by atoms with van der Waals surface area (Å²) in [4.78, 5) is 21.5. The molecule has 0 amide bonds. The molecule has 0 aliphatic heterocycles. The molecule has 0 spiro atoms. The van der Waals surface area contributed by atoms with Crippen LogP contribution in [-0.4, -0.2) is 25.0 Å². The molecule has 0 radical (unpaired) electrons. The van der Waals surface area contributed by atoms with E-state index in [1.165, 1.54) is 18.2 Å². The van der Waals surface area contributed by atoms with Crippen molar-refractivity contribution in [3.63, 3.8) is 0 Å². The van der Waals surface area contributed by atoms with Crippen LogP contribution in [0.3, 0.4) is 0 Å². The van der Waals surface area contributed by atoms with Gasteiger partial charge in [-0.25, -0.2) is 9.97 Å². The summed E-state index contributed by atoms with van der Waals surface area (Å²) in [6, 6.07) is 6.44. The van der Waals surface area contributed by atoms with Crippen LogP contribution in [0.25, 0.3) is 11.4 Å². The van der Waals surface area contributed by atoms with E-state index in [4.69, 9.17) is 4.52 Å². The van der Waals surface area contributed by atoms with Gasteiger partial charge in [-0.1, -0.05) is 29.1 Å². The third-order valence-corrected chi connectivity index (χ3v) is 3.88. The summed E-state index contributed by atoms with van der Waals surface area (Å²) in [5.74, 6) is 0.301. The highest BCUT2D eigenvalue weighted by Crippen LogP contribution is 2.29. The van der Waals surface area contributed by atoms with Gasteiger partial charge in [-0.2, -0.15) is 18.2 Å². The Labute approximate surface area is 147 Å². The maximum atomic E-state index is 12.6. The van der Waals surface area contributed by atoms with E-state index in [9.17, 15) is 23.3 Å². The second-order valence-electron chi connectivity index (χ2n) is 4.83. The van der Waals surface area contributed by atoms with E-state index in [1.807, 2.05) is 0 Å². The maximum Gasteiger partial charge on any atom is 0.433 e. The molecular formula is C14H8F3N5O3S. The SMILES string of the molecule is O=[N+]([O-])c1cccc(-c2noc(CSc3nccc(C(F)(F)F)n3)n2)c1. The second kappa shape index (κ2) is 7.07. The molecule has 1 aromatic carbocycles. The van der Waals surface area contributed by atoms with Gasteiger partial charge < -0.3 is 4.52 Å². The van der Waals surface area contributed by atoms with Crippen molar-refractivity contribution in [3.05, 3.63) is 58.2 Å². The van der Waals surface area contributed by atoms with Gasteiger partial charge in [0.2, 0.25) is 11.7 Å². The van der Waals surface area contributed by atoms with Crippen molar-refractivity contribution in [2.45, 2.75) is 17.1 Å². The first-order valence-corrected chi connectivity index (χ1v) is 7.92. The topological polar surface area (TPSA) is 108 Å². The summed E-state index contributed by atoms with van der Waals surface area (Å²) in [5, 5.41) is 14.4. The molecular weight excluding hydrogens is 375 g/mol. The molecule has 3 rings (SSSR count). The molecule has 26 heavy (non-hydrogen) atoms. The summed E-state index contributed by atoms with van der Waals surface area (Å²) >= 11 is 0.894. The lowest BCUT2D eigenvalue weighted by molar-refractivity contribution is -0.384. The molecule has 0 saturated heterocycles. The Hall–Kier alpha value is -3.02. The van der Waals surface area contributed by atoms with Crippen LogP contribution in [0, 0.1) is 10.1 Å². The van der Waals surface area contributed by atoms with Crippen molar-refractivity contribution in [2.75, 3.05) is 0 Å². The number of hydrogen-bond acceptors (Lipinski definition) is 8. The number of hydrogen-bond donors (Lipinski definition) is 0. The third kappa shape index (κ3) is 4.14. The second-order valence-corrected chi connectivity index (χ2v) is 5.77. The molecule has 0 unspecified atom stereocenters. The van der Waals surface area contributed by atoms with Gasteiger partial charge in [0.05, 0.1) is 10.7 Å². The van der Waals surface area contributed by atoms with Gasteiger partial charge in [-0.3, -0.25) is 10.1 Å². The number of rotatable bonds is 5. The number of thioether (sulfide) groups is 1. The number of alkyl halides is 3. The molecule has 3 aromatic rings. The number of aromatic nitrogens is 4. The zero-order chi connectivity index (χ0) is 18.7. The van der Waals surface area contributed by atoms with E-state index >= 15 is 0 Å². The van der Waals surface area contributed by atoms with Crippen molar-refractivity contribution in [1.29, 1.82) is 0 Å². The molecule has 0 saturated carbocycles. The van der Waals surface area contributed by atoms with E-state index in [0.29, 0.717) is 5.56 Å². The molecule has 0 aliphatic carbocycles. The maximum absolute atomic E-state index is 12.6. The number of nitro groups is 1. The lowest BCUT2D eigenvalue weighted by atomic mass is 10.2. The zero-order valence-electron chi connectivity index (χ0n) is 12.7. The first-order chi connectivity index (χ1) is 12.3. The fourth-order valence-electron chi connectivity index (χ4n) is 1.88. The third-order valence-electron chi connectivity index (χ3n) is 3.03. The molecule has 2 heterocycles. The van der Waals surface area contributed by atoms with Gasteiger partial charge >= 0.3 is 6.18 Å². The minimum absolute atomic E-state index is 0.0449. The van der Waals surface area contributed by atoms with Crippen molar-refractivity contribution in [2.24, 2.45) is 0 Å². The fourth-order valence-corrected chi connectivity index (χ4v) is 2.55. The van der Waals surface area contributed by atoms with Crippen molar-refractivity contribution in [1.82, 2.24) is 20.1 Å². The first kappa shape index (κ1) is 17.8. The molecule has 0 aliphatic rings. The van der Waals surface area contributed by atoms with Gasteiger partial charge in [-0.05, 0) is 6.07 Å². The van der Waals surface area contributed by atoms with Crippen LogP contribution in [0.4, 0.5) is 18.9 Å². The Balaban J connectivity index is 1.72. The van der Waals surface area contributed by atoms with Crippen LogP contribution >= 0.6 is 11.8 Å². The number of benzene rings is 1. The van der Waals surface area contributed by atoms with E-state index < -0.39 is 16.8 Å². The summed E-state index contributed by atoms with van der Waals surface area (Å²) < 4.78 is 42.9. The zero-order valence-corrected chi connectivity index (χ0v) is 13.5. The largest absolute Gasteiger partial charge is 0.433 e. The minimum atomic E-state index is -4.56. The number of non-ortho nitro benzene ring substituents is 1. The monoisotopic (exact) mass is 383 g/mol. The Morgan fingerprint density at radius 2 is 2.04 bits per heavy atom. The predicted octanol–water partition coefficient (Wildman–Crippen LogP) is 3.75. The van der Waals surface area contributed by atoms with Gasteiger partial charge in [0, 0.05) is 23.9 Å². The van der Waals surface area contributed by atoms with E-state index in [-0.39, 0.29) is 28.3 Å². The van der Waals surface area contributed by atoms with Gasteiger partial charge in [0.15, 0.2) is 5.16 Å². The van der Waals surface area contributed by atoms with Crippen LogP contribution in [0.2, 0.25) is 0 Å². The lowest BCUT2D eigenvalue weighted by Gasteiger charge is -2.05. The van der Waals surface area contributed by atoms with Crippen molar-refractivity contribution in [3.8, 4) is 11.4 Å². The van der Waals surface area contributed by atoms with E-state index in [1.54, 1.807) is 6.07 Å². The molecule has 8 nitrogen and oxygen atoms in total. The summed E-state index contributed by atoms with van der Waals surface area (Å²) in [7, 11) is 0. The fraction of sp³-hybridized carbons (Fsp3) is 0.143. The molecule has 0 fully saturated rings. The van der Waals surface area contributed by atoms with Crippen molar-refractivity contribution >= 4 is 17.4 Å². The van der Waals surface area contributed by atoms with Gasteiger partial charge in [0.1, 0.15) is 5.69 Å². The van der Waals surface area contributed by atoms with Gasteiger partial charge in [-0.15, -0.1) is 0 Å². The van der Waals surface area contributed by atoms with Crippen LogP contribution in [-0.2, 0) is 11.9 Å². The molecule has 12 heteroatoms. The minimum Gasteiger partial charge on any atom is -0.338 e. The first-order valence-electron chi connectivity index (χ1n) is 6.93. The number of halogens is 3. The number of nitro benzene ring substituents is 1. The molecule has 2 aromatic heterocycles. The normalized spacial score (nSPS) is 11.5. The molecule has 134 valence electrons. The predicted molar refractivity (Wildman–Crippen MR) is 83.0 cm³/mol. The Kier molecular flexibility index (Phi) is 4.84. The Bertz CT molecular complexity index is 947. The average Bonchev–Trinajstić information content (AvgIpc) is 3.09. The van der Waals surface area contributed by atoms with Crippen LogP contribution in [0.1, 0.15) is 11.6 Å². The number of nitrogens with zero attached hydrogens (tertiary/aromatic N) is 5. The highest BCUT2D eigenvalue weighted by atomic mass is 32.2. The molecule has 0 bridgehead atoms. The summed E-state index contributed by atoms with van der Waals surface area (Å²) in [6.45, 7) is 0. The van der Waals surface area contributed by atoms with Crippen molar-refractivity contribution < 1.29 is 22.6 Å². The Morgan fingerprint density at radius 3 is 2.77 bits per heavy atom. The summed E-state index contributed by atoms with van der Waals surface area (Å²) in [6.07, 6.45) is -3.54. The highest BCUT2D eigenvalue weighted by molar-refractivity contribution is 7.98. The highest BCUT2D eigenvalue weighted by Gasteiger charge is 2.32. The average molecular weight is 383 g/mol. The van der Waals surface area contributed by atoms with E-state index in [2.05, 4.69) is 20.1 Å². The smallest absolute Gasteiger partial charge is 0.338 e. The van der Waals surface area contributed by atoms with Gasteiger partial charge in [0.25, 0.3) is 5.69 Å². The molecule has 0 atom stereocenters. The quantitative estimate of drug-likeness (QED) is 0.284. The molecule has 0 N–H and O–H groups in total. The standard InChI is InChI=1S/C14H8F3N5O3S/c15-14(16,17)10-4-5-18-13(19-10)26-7-11-20-12(21-25-11)8-2-1-3-9(6-8)22(23)24/h1-6H,7H2. The lowest BCUT2D eigenvalue weighted by Crippen LogP contribution is -2.08. The van der Waals surface area contributed by atoms with Crippen LogP contribution in [0.5, 0.6) is 0 Å². The van der Waals surface area contributed by atoms with E-state index in [0.717, 1.165) is 24.0 Å². The van der Waals surface area contributed by atoms with Crippen LogP contribution in [0.15, 0.2) is 46.2 Å².